The number of carbonyl (C=O) groups is 2. The van der Waals surface area contributed by atoms with Crippen LogP contribution in [-0.4, -0.2) is 27.5 Å². The van der Waals surface area contributed by atoms with Gasteiger partial charge in [-0.2, -0.15) is 0 Å². The molecule has 0 radical (unpaired) electrons. The molecule has 7 heteroatoms. The summed E-state index contributed by atoms with van der Waals surface area (Å²) in [7, 11) is 0. The Labute approximate surface area is 140 Å². The van der Waals surface area contributed by atoms with Gasteiger partial charge >= 0.3 is 6.03 Å². The van der Waals surface area contributed by atoms with Crippen LogP contribution in [0.2, 0.25) is 0 Å². The molecule has 7 nitrogen and oxygen atoms in total. The normalized spacial score (nSPS) is 15.3. The van der Waals surface area contributed by atoms with Crippen molar-refractivity contribution in [3.63, 3.8) is 0 Å². The van der Waals surface area contributed by atoms with Crippen molar-refractivity contribution >= 4 is 17.6 Å². The first-order chi connectivity index (χ1) is 11.5. The number of aromatic nitrogens is 2. The average Bonchev–Trinajstić information content (AvgIpc) is 3.13. The minimum Gasteiger partial charge on any atom is -0.335 e. The van der Waals surface area contributed by atoms with Gasteiger partial charge in [0, 0.05) is 30.7 Å². The molecule has 3 N–H and O–H groups in total. The lowest BCUT2D eigenvalue weighted by Gasteiger charge is -2.19. The molecule has 1 aliphatic heterocycles. The molecular weight excluding hydrogens is 306 g/mol. The van der Waals surface area contributed by atoms with Gasteiger partial charge in [0.25, 0.3) is 0 Å². The van der Waals surface area contributed by atoms with Gasteiger partial charge < -0.3 is 20.5 Å². The maximum Gasteiger partial charge on any atom is 0.315 e. The van der Waals surface area contributed by atoms with E-state index in [9.17, 15) is 9.59 Å². The zero-order chi connectivity index (χ0) is 17.1. The molecule has 1 aromatic heterocycles. The minimum absolute atomic E-state index is 0.00818. The quantitative estimate of drug-likeness (QED) is 0.783. The number of imidazole rings is 1. The number of carbonyl (C=O) groups excluding carboxylic acids is 2. The Bertz CT molecular complexity index is 741. The zero-order valence-corrected chi connectivity index (χ0v) is 13.7. The Balaban J connectivity index is 1.54. The van der Waals surface area contributed by atoms with Gasteiger partial charge in [0.05, 0.1) is 18.8 Å². The summed E-state index contributed by atoms with van der Waals surface area (Å²) in [5, 5.41) is 8.65. The van der Waals surface area contributed by atoms with Crippen molar-refractivity contribution in [1.29, 1.82) is 0 Å². The van der Waals surface area contributed by atoms with Gasteiger partial charge in [-0.15, -0.1) is 0 Å². The van der Waals surface area contributed by atoms with Crippen LogP contribution in [0.3, 0.4) is 0 Å². The van der Waals surface area contributed by atoms with E-state index < -0.39 is 0 Å². The van der Waals surface area contributed by atoms with Gasteiger partial charge in [-0.05, 0) is 31.0 Å². The lowest BCUT2D eigenvalue weighted by atomic mass is 10.0. The molecule has 0 fully saturated rings. The second kappa shape index (κ2) is 6.74. The molecule has 3 amide bonds. The van der Waals surface area contributed by atoms with E-state index in [4.69, 9.17) is 0 Å². The van der Waals surface area contributed by atoms with Crippen molar-refractivity contribution in [3.8, 4) is 0 Å². The predicted octanol–water partition coefficient (Wildman–Crippen LogP) is 1.83. The van der Waals surface area contributed by atoms with Gasteiger partial charge in [0.15, 0.2) is 0 Å². The SMILES string of the molecule is C[C@H](Cn1ccnc1)NC(=O)N[C@@H](C)c1ccc2c(c1)CC(=O)N2. The third kappa shape index (κ3) is 3.73. The molecule has 0 aliphatic carbocycles. The van der Waals surface area contributed by atoms with Gasteiger partial charge in [-0.25, -0.2) is 9.78 Å². The monoisotopic (exact) mass is 327 g/mol. The molecule has 0 bridgehead atoms. The Morgan fingerprint density at radius 3 is 2.96 bits per heavy atom. The molecule has 2 aromatic rings. The topological polar surface area (TPSA) is 88.1 Å². The Hall–Kier alpha value is -2.83. The van der Waals surface area contributed by atoms with E-state index in [2.05, 4.69) is 20.9 Å². The standard InChI is InChI=1S/C17H21N5O2/c1-11(9-22-6-5-18-10-22)19-17(24)20-12(2)13-3-4-15-14(7-13)8-16(23)21-15/h3-7,10-12H,8-9H2,1-2H3,(H,21,23)(H2,19,20,24)/t11-,12+/m1/s1. The van der Waals surface area contributed by atoms with E-state index >= 15 is 0 Å². The zero-order valence-electron chi connectivity index (χ0n) is 13.7. The summed E-state index contributed by atoms with van der Waals surface area (Å²) >= 11 is 0. The fourth-order valence-electron chi connectivity index (χ4n) is 2.82. The highest BCUT2D eigenvalue weighted by atomic mass is 16.2. The maximum atomic E-state index is 12.1. The van der Waals surface area contributed by atoms with Crippen LogP contribution in [0.1, 0.15) is 31.0 Å². The predicted molar refractivity (Wildman–Crippen MR) is 90.5 cm³/mol. The fourth-order valence-corrected chi connectivity index (χ4v) is 2.82. The van der Waals surface area contributed by atoms with Crippen LogP contribution in [0, 0.1) is 0 Å². The van der Waals surface area contributed by atoms with Gasteiger partial charge in [-0.3, -0.25) is 4.79 Å². The number of amides is 3. The average molecular weight is 327 g/mol. The number of urea groups is 1. The molecule has 0 spiro atoms. The molecule has 0 unspecified atom stereocenters. The van der Waals surface area contributed by atoms with Crippen molar-refractivity contribution < 1.29 is 9.59 Å². The number of hydrogen-bond acceptors (Lipinski definition) is 3. The van der Waals surface area contributed by atoms with Crippen LogP contribution in [0.15, 0.2) is 36.9 Å². The second-order valence-corrected chi connectivity index (χ2v) is 6.14. The minimum atomic E-state index is -0.218. The summed E-state index contributed by atoms with van der Waals surface area (Å²) in [5.74, 6) is 0.00818. The summed E-state index contributed by atoms with van der Waals surface area (Å²) in [5.41, 5.74) is 2.80. The molecular formula is C17H21N5O2. The maximum absolute atomic E-state index is 12.1. The van der Waals surface area contributed by atoms with Crippen LogP contribution in [-0.2, 0) is 17.8 Å². The summed E-state index contributed by atoms with van der Waals surface area (Å²) in [4.78, 5) is 27.5. The number of rotatable bonds is 5. The van der Waals surface area contributed by atoms with Crippen molar-refractivity contribution in [2.45, 2.75) is 38.9 Å². The summed E-state index contributed by atoms with van der Waals surface area (Å²) in [6.07, 6.45) is 5.68. The highest BCUT2D eigenvalue weighted by Gasteiger charge is 2.19. The third-order valence-corrected chi connectivity index (χ3v) is 4.02. The summed E-state index contributed by atoms with van der Waals surface area (Å²) < 4.78 is 1.92. The first-order valence-corrected chi connectivity index (χ1v) is 7.96. The largest absolute Gasteiger partial charge is 0.335 e. The van der Waals surface area contributed by atoms with E-state index in [0.29, 0.717) is 13.0 Å². The van der Waals surface area contributed by atoms with Crippen molar-refractivity contribution in [1.82, 2.24) is 20.2 Å². The second-order valence-electron chi connectivity index (χ2n) is 6.14. The first kappa shape index (κ1) is 16.0. The van der Waals surface area contributed by atoms with Crippen molar-refractivity contribution in [2.75, 3.05) is 5.32 Å². The number of fused-ring (bicyclic) bond motifs is 1. The molecule has 2 heterocycles. The van der Waals surface area contributed by atoms with Crippen LogP contribution in [0.5, 0.6) is 0 Å². The van der Waals surface area contributed by atoms with Crippen LogP contribution in [0.4, 0.5) is 10.5 Å². The first-order valence-electron chi connectivity index (χ1n) is 7.96. The van der Waals surface area contributed by atoms with Crippen molar-refractivity contribution in [3.05, 3.63) is 48.0 Å². The number of anilines is 1. The van der Waals surface area contributed by atoms with E-state index in [-0.39, 0.29) is 24.0 Å². The Morgan fingerprint density at radius 1 is 1.38 bits per heavy atom. The van der Waals surface area contributed by atoms with Gasteiger partial charge in [0.2, 0.25) is 5.91 Å². The molecule has 0 saturated heterocycles. The van der Waals surface area contributed by atoms with Gasteiger partial charge in [0.1, 0.15) is 0 Å². The molecule has 2 atom stereocenters. The lowest BCUT2D eigenvalue weighted by molar-refractivity contribution is -0.115. The van der Waals surface area contributed by atoms with Crippen LogP contribution in [0.25, 0.3) is 0 Å². The molecule has 1 aromatic carbocycles. The number of benzene rings is 1. The Kier molecular flexibility index (Phi) is 4.50. The molecule has 1 aliphatic rings. The third-order valence-electron chi connectivity index (χ3n) is 4.02. The molecule has 3 rings (SSSR count). The smallest absolute Gasteiger partial charge is 0.315 e. The molecule has 126 valence electrons. The molecule has 0 saturated carbocycles. The van der Waals surface area contributed by atoms with Crippen LogP contribution < -0.4 is 16.0 Å². The number of nitrogens with zero attached hydrogens (tertiary/aromatic N) is 2. The number of hydrogen-bond donors (Lipinski definition) is 3. The summed E-state index contributed by atoms with van der Waals surface area (Å²) in [6.45, 7) is 4.53. The van der Waals surface area contributed by atoms with E-state index in [1.807, 2.05) is 42.8 Å². The van der Waals surface area contributed by atoms with E-state index in [1.165, 1.54) is 0 Å². The van der Waals surface area contributed by atoms with E-state index in [0.717, 1.165) is 16.8 Å². The Morgan fingerprint density at radius 2 is 2.21 bits per heavy atom. The van der Waals surface area contributed by atoms with E-state index in [1.54, 1.807) is 12.5 Å². The molecule has 24 heavy (non-hydrogen) atoms. The highest BCUT2D eigenvalue weighted by molar-refractivity contribution is 5.99. The fraction of sp³-hybridized carbons (Fsp3) is 0.353. The highest BCUT2D eigenvalue weighted by Crippen LogP contribution is 2.26. The number of nitrogens with one attached hydrogen (secondary N) is 3. The lowest BCUT2D eigenvalue weighted by Crippen LogP contribution is -2.43. The van der Waals surface area contributed by atoms with Gasteiger partial charge in [-0.1, -0.05) is 12.1 Å². The van der Waals surface area contributed by atoms with Crippen LogP contribution >= 0.6 is 0 Å². The summed E-state index contributed by atoms with van der Waals surface area (Å²) in [6, 6.07) is 5.38. The van der Waals surface area contributed by atoms with Crippen molar-refractivity contribution in [2.24, 2.45) is 0 Å².